The predicted octanol–water partition coefficient (Wildman–Crippen LogP) is -3.67. The van der Waals surface area contributed by atoms with E-state index in [4.69, 9.17) is 12.2 Å². The Labute approximate surface area is 254 Å². The number of benzene rings is 2. The maximum Gasteiger partial charge on any atom is 1.00 e. The summed E-state index contributed by atoms with van der Waals surface area (Å²) in [4.78, 5) is 9.99. The van der Waals surface area contributed by atoms with Gasteiger partial charge in [0.2, 0.25) is 5.91 Å². The first-order chi connectivity index (χ1) is 15.2. The Morgan fingerprint density at radius 1 is 0.857 bits per heavy atom. The van der Waals surface area contributed by atoms with E-state index in [2.05, 4.69) is 16.0 Å². The molecule has 0 unspecified atom stereocenters. The van der Waals surface area contributed by atoms with Gasteiger partial charge >= 0.3 is 59.1 Å². The van der Waals surface area contributed by atoms with Crippen molar-refractivity contribution >= 4 is 67.0 Å². The average Bonchev–Trinajstić information content (AvgIpc) is 2.65. The third-order valence-electron chi connectivity index (χ3n) is 4.01. The van der Waals surface area contributed by atoms with Gasteiger partial charge < -0.3 is 25.1 Å². The number of hydrogen-bond donors (Lipinski definition) is 3. The summed E-state index contributed by atoms with van der Waals surface area (Å²) in [6.45, 7) is 4.93. The van der Waals surface area contributed by atoms with Crippen LogP contribution in [0.2, 0.25) is 0 Å². The third kappa shape index (κ3) is 11.0. The molecule has 0 atom stereocenters. The molecule has 15 heteroatoms. The van der Waals surface area contributed by atoms with Gasteiger partial charge in [-0.15, -0.1) is 0 Å². The molecule has 2 aromatic carbocycles. The Bertz CT molecular complexity index is 1330. The van der Waals surface area contributed by atoms with Gasteiger partial charge in [0.05, 0.1) is 9.79 Å². The fourth-order valence-electron chi connectivity index (χ4n) is 2.74. The van der Waals surface area contributed by atoms with Crippen LogP contribution in [0.25, 0.3) is 12.2 Å². The fourth-order valence-corrected chi connectivity index (χ4v) is 4.49. The topological polar surface area (TPSA) is 168 Å². The van der Waals surface area contributed by atoms with Crippen molar-refractivity contribution in [2.45, 2.75) is 36.6 Å². The summed E-state index contributed by atoms with van der Waals surface area (Å²) >= 11 is 5.11. The van der Waals surface area contributed by atoms with E-state index < -0.39 is 35.9 Å². The molecule has 35 heavy (non-hydrogen) atoms. The molecule has 0 fully saturated rings. The van der Waals surface area contributed by atoms with Gasteiger partial charge in [-0.25, -0.2) is 16.8 Å². The Morgan fingerprint density at radius 2 is 1.26 bits per heavy atom. The maximum absolute atomic E-state index is 11.8. The number of carbonyl (C=O) groups excluding carboxylic acids is 1. The van der Waals surface area contributed by atoms with Crippen molar-refractivity contribution in [2.24, 2.45) is 0 Å². The van der Waals surface area contributed by atoms with Crippen molar-refractivity contribution in [3.63, 3.8) is 0 Å². The van der Waals surface area contributed by atoms with Gasteiger partial charge in [-0.05, 0) is 61.5 Å². The van der Waals surface area contributed by atoms with E-state index >= 15 is 0 Å². The van der Waals surface area contributed by atoms with E-state index in [1.54, 1.807) is 0 Å². The molecule has 2 rings (SSSR count). The normalized spacial score (nSPS) is 11.4. The fraction of sp³-hybridized carbons (Fsp3) is 0.200. The molecular formula is C20H21N3Na2O7S3. The number of amides is 1. The molecule has 0 aromatic heterocycles. The molecule has 1 amide bonds. The number of thiocarbonyl (C=S) groups is 1. The van der Waals surface area contributed by atoms with Gasteiger partial charge in [0.1, 0.15) is 20.2 Å². The number of rotatable bonds is 7. The molecule has 0 radical (unpaired) electrons. The summed E-state index contributed by atoms with van der Waals surface area (Å²) in [5, 5.41) is 8.29. The molecule has 2 aromatic rings. The number of carbonyl (C=O) groups is 1. The van der Waals surface area contributed by atoms with Crippen LogP contribution in [0.4, 0.5) is 11.4 Å². The van der Waals surface area contributed by atoms with Crippen LogP contribution in [-0.2, 0) is 25.0 Å². The maximum atomic E-state index is 11.8. The van der Waals surface area contributed by atoms with Crippen LogP contribution in [-0.4, -0.2) is 43.0 Å². The molecule has 10 nitrogen and oxygen atoms in total. The minimum Gasteiger partial charge on any atom is -0.744 e. The van der Waals surface area contributed by atoms with Crippen molar-refractivity contribution in [1.82, 2.24) is 5.32 Å². The minimum atomic E-state index is -4.93. The zero-order valence-electron chi connectivity index (χ0n) is 19.8. The first-order valence-electron chi connectivity index (χ1n) is 9.40. The van der Waals surface area contributed by atoms with E-state index in [1.165, 1.54) is 43.3 Å². The summed E-state index contributed by atoms with van der Waals surface area (Å²) in [5.41, 5.74) is 0.261. The van der Waals surface area contributed by atoms with E-state index in [-0.39, 0.29) is 92.8 Å². The van der Waals surface area contributed by atoms with Crippen molar-refractivity contribution in [2.75, 3.05) is 10.6 Å². The second kappa shape index (κ2) is 14.2. The standard InChI is InChI=1S/C20H23N3O7S3.2Na/c1-12(2)21-20(31)23-17-9-7-15(19(11-17)33(28,29)30)5-4-14-6-8-16(22-13(3)24)10-18(14)32(25,26)27;;/h4-12H,1-3H3,(H,22,24)(H2,21,23,31)(H,25,26,27)(H,28,29,30);;/q;2*+1/p-2/b5-4+;;. The Hall–Kier alpha value is -0.840. The van der Waals surface area contributed by atoms with Crippen LogP contribution >= 0.6 is 12.2 Å². The second-order valence-corrected chi connectivity index (χ2v) is 10.3. The van der Waals surface area contributed by atoms with Crippen LogP contribution in [0.5, 0.6) is 0 Å². The molecule has 3 N–H and O–H groups in total. The summed E-state index contributed by atoms with van der Waals surface area (Å²) in [6, 6.07) is 7.57. The van der Waals surface area contributed by atoms with E-state index in [9.17, 15) is 30.7 Å². The van der Waals surface area contributed by atoms with E-state index in [0.717, 1.165) is 12.1 Å². The molecule has 0 spiro atoms. The van der Waals surface area contributed by atoms with Gasteiger partial charge in [-0.1, -0.05) is 24.3 Å². The molecule has 0 saturated carbocycles. The molecule has 0 aliphatic heterocycles. The quantitative estimate of drug-likeness (QED) is 0.134. The third-order valence-corrected chi connectivity index (χ3v) is 6.01. The van der Waals surface area contributed by atoms with Crippen molar-refractivity contribution in [3.8, 4) is 0 Å². The van der Waals surface area contributed by atoms with Crippen LogP contribution in [0.15, 0.2) is 46.2 Å². The van der Waals surface area contributed by atoms with Crippen LogP contribution < -0.4 is 75.1 Å². The zero-order valence-corrected chi connectivity index (χ0v) is 26.2. The predicted molar refractivity (Wildman–Crippen MR) is 127 cm³/mol. The number of hydrogen-bond acceptors (Lipinski definition) is 8. The largest absolute Gasteiger partial charge is 1.00 e. The van der Waals surface area contributed by atoms with Gasteiger partial charge in [0.25, 0.3) is 0 Å². The van der Waals surface area contributed by atoms with Crippen LogP contribution in [0.3, 0.4) is 0 Å². The monoisotopic (exact) mass is 557 g/mol. The zero-order chi connectivity index (χ0) is 25.0. The summed E-state index contributed by atoms with van der Waals surface area (Å²) in [6.07, 6.45) is 2.38. The van der Waals surface area contributed by atoms with Gasteiger partial charge in [0.15, 0.2) is 5.11 Å². The molecule has 178 valence electrons. The Morgan fingerprint density at radius 3 is 1.60 bits per heavy atom. The Kier molecular flexibility index (Phi) is 13.9. The van der Waals surface area contributed by atoms with Gasteiger partial charge in [-0.2, -0.15) is 0 Å². The van der Waals surface area contributed by atoms with Crippen LogP contribution in [0.1, 0.15) is 31.9 Å². The smallest absolute Gasteiger partial charge is 0.744 e. The first-order valence-corrected chi connectivity index (χ1v) is 12.6. The summed E-state index contributed by atoms with van der Waals surface area (Å²) in [7, 11) is -9.84. The summed E-state index contributed by atoms with van der Waals surface area (Å²) < 4.78 is 70.4. The van der Waals surface area contributed by atoms with Crippen LogP contribution in [0, 0.1) is 0 Å². The Balaban J connectivity index is 0.00000578. The van der Waals surface area contributed by atoms with Crippen molar-refractivity contribution < 1.29 is 89.9 Å². The molecule has 0 heterocycles. The van der Waals surface area contributed by atoms with Crippen molar-refractivity contribution in [3.05, 3.63) is 47.5 Å². The van der Waals surface area contributed by atoms with E-state index in [0.29, 0.717) is 0 Å². The SMILES string of the molecule is CC(=O)Nc1ccc(/C=C/c2ccc(NC(=S)NC(C)C)cc2S(=O)(=O)[O-])c(S(=O)(=O)[O-])c1.[Na+].[Na+]. The summed E-state index contributed by atoms with van der Waals surface area (Å²) in [5.74, 6) is -0.463. The van der Waals surface area contributed by atoms with E-state index in [1.807, 2.05) is 13.8 Å². The van der Waals surface area contributed by atoms with Gasteiger partial charge in [0, 0.05) is 24.3 Å². The van der Waals surface area contributed by atoms with Crippen molar-refractivity contribution in [1.29, 1.82) is 0 Å². The minimum absolute atomic E-state index is 0. The molecule has 0 aliphatic rings. The molecule has 0 saturated heterocycles. The van der Waals surface area contributed by atoms with Gasteiger partial charge in [-0.3, -0.25) is 4.79 Å². The molecule has 0 bridgehead atoms. The molecule has 0 aliphatic carbocycles. The second-order valence-electron chi connectivity index (χ2n) is 7.18. The number of anilines is 2. The molecular weight excluding hydrogens is 536 g/mol. The average molecular weight is 558 g/mol. The number of nitrogens with one attached hydrogen (secondary N) is 3. The first kappa shape index (κ1) is 34.2.